The van der Waals surface area contributed by atoms with Crippen LogP contribution in [-0.4, -0.2) is 23.6 Å². The van der Waals surface area contributed by atoms with Gasteiger partial charge in [-0.3, -0.25) is 9.78 Å². The van der Waals surface area contributed by atoms with Crippen molar-refractivity contribution in [2.45, 2.75) is 18.5 Å². The lowest BCUT2D eigenvalue weighted by Gasteiger charge is -2.08. The number of amides is 1. The predicted molar refractivity (Wildman–Crippen MR) is 79.5 cm³/mol. The number of nitrogens with one attached hydrogen (secondary N) is 1. The Balaban J connectivity index is 1.61. The first-order valence-electron chi connectivity index (χ1n) is 7.40. The molecule has 1 N–H and O–H groups in total. The molecule has 2 aromatic rings. The molecule has 1 aromatic heterocycles. The van der Waals surface area contributed by atoms with E-state index in [1.54, 1.807) is 30.5 Å². The van der Waals surface area contributed by atoms with E-state index in [1.807, 2.05) is 5.32 Å². The number of rotatable bonds is 4. The van der Waals surface area contributed by atoms with Crippen LogP contribution in [-0.2, 0) is 4.79 Å². The number of nitrogens with zero attached hydrogens (tertiary/aromatic N) is 1. The Labute approximate surface area is 135 Å². The minimum Gasteiger partial charge on any atom is -0.347 e. The molecule has 1 aliphatic carbocycles. The minimum atomic E-state index is -4.40. The van der Waals surface area contributed by atoms with Crippen molar-refractivity contribution >= 4 is 5.91 Å². The van der Waals surface area contributed by atoms with Gasteiger partial charge in [-0.15, -0.1) is 0 Å². The summed E-state index contributed by atoms with van der Waals surface area (Å²) in [6, 6.07) is 9.46. The summed E-state index contributed by atoms with van der Waals surface area (Å²) in [5, 5.41) is 1.91. The number of hydrogen-bond donors (Lipinski definition) is 1. The number of carbonyl (C=O) groups excluding carboxylic acids is 1. The Bertz CT molecular complexity index is 726. The van der Waals surface area contributed by atoms with Crippen molar-refractivity contribution < 1.29 is 22.4 Å². The Morgan fingerprint density at radius 2 is 1.88 bits per heavy atom. The van der Waals surface area contributed by atoms with Crippen LogP contribution in [0.1, 0.15) is 17.9 Å². The molecule has 7 heteroatoms. The lowest BCUT2D eigenvalue weighted by molar-refractivity contribution is -0.139. The molecule has 1 heterocycles. The molecule has 0 bridgehead atoms. The van der Waals surface area contributed by atoms with Gasteiger partial charge in [-0.2, -0.15) is 13.2 Å². The number of alkyl halides is 3. The highest BCUT2D eigenvalue weighted by molar-refractivity contribution is 5.82. The van der Waals surface area contributed by atoms with Crippen molar-refractivity contribution in [3.05, 3.63) is 54.0 Å². The third kappa shape index (κ3) is 3.90. The van der Waals surface area contributed by atoms with Gasteiger partial charge in [0, 0.05) is 17.7 Å². The zero-order valence-electron chi connectivity index (χ0n) is 12.5. The number of pyridine rings is 1. The van der Waals surface area contributed by atoms with E-state index >= 15 is 0 Å². The van der Waals surface area contributed by atoms with E-state index in [0.29, 0.717) is 12.1 Å². The molecule has 3 rings (SSSR count). The lowest BCUT2D eigenvalue weighted by Crippen LogP contribution is -2.34. The molecule has 0 spiro atoms. The highest BCUT2D eigenvalue weighted by Crippen LogP contribution is 2.47. The maximum absolute atomic E-state index is 12.9. The molecule has 1 saturated carbocycles. The summed E-state index contributed by atoms with van der Waals surface area (Å²) in [6.07, 6.45) is -2.28. The average Bonchev–Trinajstić information content (AvgIpc) is 3.33. The highest BCUT2D eigenvalue weighted by Gasteiger charge is 2.44. The molecule has 126 valence electrons. The smallest absolute Gasteiger partial charge is 0.347 e. The first kappa shape index (κ1) is 16.4. The molecular weight excluding hydrogens is 324 g/mol. The maximum atomic E-state index is 12.9. The van der Waals surface area contributed by atoms with Gasteiger partial charge in [0.05, 0.1) is 5.69 Å². The van der Waals surface area contributed by atoms with Crippen LogP contribution in [0.15, 0.2) is 42.6 Å². The normalized spacial score (nSPS) is 19.8. The number of halogens is 4. The number of benzene rings is 1. The van der Waals surface area contributed by atoms with E-state index in [2.05, 4.69) is 4.98 Å². The van der Waals surface area contributed by atoms with Crippen LogP contribution in [0.25, 0.3) is 11.3 Å². The number of carbonyl (C=O) groups is 1. The molecule has 24 heavy (non-hydrogen) atoms. The van der Waals surface area contributed by atoms with Crippen LogP contribution in [0, 0.1) is 11.7 Å². The van der Waals surface area contributed by atoms with Gasteiger partial charge < -0.3 is 5.32 Å². The summed E-state index contributed by atoms with van der Waals surface area (Å²) >= 11 is 0. The molecule has 1 aromatic carbocycles. The second-order valence-corrected chi connectivity index (χ2v) is 5.77. The van der Waals surface area contributed by atoms with E-state index < -0.39 is 24.5 Å². The molecule has 0 aliphatic heterocycles. The quantitative estimate of drug-likeness (QED) is 0.865. The van der Waals surface area contributed by atoms with Crippen molar-refractivity contribution in [1.82, 2.24) is 10.3 Å². The summed E-state index contributed by atoms with van der Waals surface area (Å²) in [5.41, 5.74) is 2.24. The van der Waals surface area contributed by atoms with Crippen molar-refractivity contribution in [1.29, 1.82) is 0 Å². The van der Waals surface area contributed by atoms with E-state index in [-0.39, 0.29) is 11.7 Å². The molecule has 2 atom stereocenters. The zero-order chi connectivity index (χ0) is 17.3. The van der Waals surface area contributed by atoms with Crippen LogP contribution in [0.5, 0.6) is 0 Å². The van der Waals surface area contributed by atoms with Crippen molar-refractivity contribution in [3.63, 3.8) is 0 Å². The van der Waals surface area contributed by atoms with E-state index in [1.165, 1.54) is 12.1 Å². The molecule has 1 unspecified atom stereocenters. The van der Waals surface area contributed by atoms with Gasteiger partial charge in [-0.1, -0.05) is 6.07 Å². The third-order valence-corrected chi connectivity index (χ3v) is 3.94. The van der Waals surface area contributed by atoms with Crippen LogP contribution < -0.4 is 5.32 Å². The molecule has 1 aliphatic rings. The van der Waals surface area contributed by atoms with Gasteiger partial charge in [0.1, 0.15) is 12.4 Å². The molecular formula is C17H14F4N2O. The predicted octanol–water partition coefficient (Wildman–Crippen LogP) is 3.67. The summed E-state index contributed by atoms with van der Waals surface area (Å²) in [6.45, 7) is -1.31. The van der Waals surface area contributed by atoms with Crippen LogP contribution in [0.4, 0.5) is 17.6 Å². The first-order chi connectivity index (χ1) is 11.3. The van der Waals surface area contributed by atoms with Gasteiger partial charge in [-0.05, 0) is 48.2 Å². The number of aromatic nitrogens is 1. The maximum Gasteiger partial charge on any atom is 0.405 e. The summed E-state index contributed by atoms with van der Waals surface area (Å²) < 4.78 is 49.2. The zero-order valence-corrected chi connectivity index (χ0v) is 12.5. The van der Waals surface area contributed by atoms with Gasteiger partial charge in [0.25, 0.3) is 0 Å². The fourth-order valence-corrected chi connectivity index (χ4v) is 2.59. The van der Waals surface area contributed by atoms with E-state index in [0.717, 1.165) is 11.1 Å². The van der Waals surface area contributed by atoms with Crippen molar-refractivity contribution in [2.75, 3.05) is 6.54 Å². The molecule has 3 nitrogen and oxygen atoms in total. The number of hydrogen-bond acceptors (Lipinski definition) is 2. The summed E-state index contributed by atoms with van der Waals surface area (Å²) in [5.74, 6) is -1.46. The molecule has 1 fully saturated rings. The third-order valence-electron chi connectivity index (χ3n) is 3.94. The van der Waals surface area contributed by atoms with Gasteiger partial charge in [0.2, 0.25) is 5.91 Å². The Hall–Kier alpha value is -2.44. The molecule has 1 amide bonds. The van der Waals surface area contributed by atoms with Gasteiger partial charge in [0.15, 0.2) is 0 Å². The Kier molecular flexibility index (Phi) is 4.26. The highest BCUT2D eigenvalue weighted by atomic mass is 19.4. The fourth-order valence-electron chi connectivity index (χ4n) is 2.59. The van der Waals surface area contributed by atoms with Gasteiger partial charge >= 0.3 is 6.18 Å². The standard InChI is InChI=1S/C17H14F4N2O/c18-12-4-1-10(2-5-12)15-6-3-11(8-22-15)13-7-14(13)16(24)23-9-17(19,20)21/h1-6,8,13-14H,7,9H2,(H,23,24)/t13?,14-/m0/s1. The second kappa shape index (κ2) is 6.22. The largest absolute Gasteiger partial charge is 0.405 e. The topological polar surface area (TPSA) is 42.0 Å². The molecule has 0 saturated heterocycles. The van der Waals surface area contributed by atoms with Crippen LogP contribution in [0.2, 0.25) is 0 Å². The van der Waals surface area contributed by atoms with Crippen LogP contribution >= 0.6 is 0 Å². The fraction of sp³-hybridized carbons (Fsp3) is 0.294. The summed E-state index contributed by atoms with van der Waals surface area (Å²) in [7, 11) is 0. The summed E-state index contributed by atoms with van der Waals surface area (Å²) in [4.78, 5) is 16.0. The SMILES string of the molecule is O=C(NCC(F)(F)F)[C@H]1CC1c1ccc(-c2ccc(F)cc2)nc1. The molecule has 0 radical (unpaired) electrons. The monoisotopic (exact) mass is 338 g/mol. The minimum absolute atomic E-state index is 0.104. The van der Waals surface area contributed by atoms with E-state index in [9.17, 15) is 22.4 Å². The van der Waals surface area contributed by atoms with Crippen molar-refractivity contribution in [3.8, 4) is 11.3 Å². The first-order valence-corrected chi connectivity index (χ1v) is 7.40. The van der Waals surface area contributed by atoms with Gasteiger partial charge in [-0.25, -0.2) is 4.39 Å². The average molecular weight is 338 g/mol. The Morgan fingerprint density at radius 1 is 1.17 bits per heavy atom. The lowest BCUT2D eigenvalue weighted by atomic mass is 10.1. The second-order valence-electron chi connectivity index (χ2n) is 5.77. The Morgan fingerprint density at radius 3 is 2.46 bits per heavy atom. The van der Waals surface area contributed by atoms with Crippen molar-refractivity contribution in [2.24, 2.45) is 5.92 Å². The van der Waals surface area contributed by atoms with Crippen LogP contribution in [0.3, 0.4) is 0 Å². The van der Waals surface area contributed by atoms with E-state index in [4.69, 9.17) is 0 Å².